The number of fused-ring (bicyclic) bond motifs is 1. The van der Waals surface area contributed by atoms with E-state index in [2.05, 4.69) is 0 Å². The van der Waals surface area contributed by atoms with Gasteiger partial charge in [-0.2, -0.15) is 0 Å². The molecule has 1 aromatic carbocycles. The second kappa shape index (κ2) is 3.26. The van der Waals surface area contributed by atoms with Crippen molar-refractivity contribution in [3.63, 3.8) is 0 Å². The maximum absolute atomic E-state index is 13.6. The highest BCUT2D eigenvalue weighted by molar-refractivity contribution is 5.63. The summed E-state index contributed by atoms with van der Waals surface area (Å²) in [5.41, 5.74) is 0.258. The van der Waals surface area contributed by atoms with Gasteiger partial charge in [-0.3, -0.25) is 0 Å². The van der Waals surface area contributed by atoms with Crippen LogP contribution in [0.4, 0.5) is 4.39 Å². The van der Waals surface area contributed by atoms with Crippen LogP contribution in [0.2, 0.25) is 0 Å². The van der Waals surface area contributed by atoms with E-state index in [1.165, 1.54) is 13.2 Å². The van der Waals surface area contributed by atoms with Crippen LogP contribution in [-0.2, 0) is 0 Å². The Kier molecular flexibility index (Phi) is 2.18. The van der Waals surface area contributed by atoms with E-state index in [-0.39, 0.29) is 5.82 Å². The van der Waals surface area contributed by atoms with Gasteiger partial charge < -0.3 is 9.47 Å². The van der Waals surface area contributed by atoms with E-state index in [1.807, 2.05) is 26.0 Å². The highest BCUT2D eigenvalue weighted by Gasteiger charge is 2.24. The van der Waals surface area contributed by atoms with Crippen LogP contribution in [0.3, 0.4) is 0 Å². The van der Waals surface area contributed by atoms with Crippen LogP contribution in [-0.4, -0.2) is 12.7 Å². The maximum Gasteiger partial charge on any atom is 0.169 e. The largest absolute Gasteiger partial charge is 0.497 e. The minimum absolute atomic E-state index is 0.295. The number of benzene rings is 1. The smallest absolute Gasteiger partial charge is 0.169 e. The molecular weight excluding hydrogens is 195 g/mol. The average Bonchev–Trinajstić information content (AvgIpc) is 2.18. The monoisotopic (exact) mass is 208 g/mol. The van der Waals surface area contributed by atoms with Gasteiger partial charge in [-0.25, -0.2) is 4.39 Å². The Bertz CT molecular complexity index is 422. The van der Waals surface area contributed by atoms with Crippen LogP contribution >= 0.6 is 0 Å². The van der Waals surface area contributed by atoms with Gasteiger partial charge >= 0.3 is 0 Å². The molecule has 0 fully saturated rings. The van der Waals surface area contributed by atoms with Gasteiger partial charge in [0, 0.05) is 11.6 Å². The predicted octanol–water partition coefficient (Wildman–Crippen LogP) is 3.02. The van der Waals surface area contributed by atoms with Crippen molar-refractivity contribution in [2.24, 2.45) is 0 Å². The summed E-state index contributed by atoms with van der Waals surface area (Å²) in [6.45, 7) is 3.77. The number of ether oxygens (including phenoxy) is 2. The van der Waals surface area contributed by atoms with Crippen molar-refractivity contribution in [2.75, 3.05) is 7.11 Å². The van der Waals surface area contributed by atoms with Crippen molar-refractivity contribution >= 4 is 6.08 Å². The SMILES string of the molecule is COc1cc(F)c2c(c1)C=CC(C)(C)O2. The molecule has 1 aliphatic rings. The van der Waals surface area contributed by atoms with Gasteiger partial charge in [0.2, 0.25) is 0 Å². The summed E-state index contributed by atoms with van der Waals surface area (Å²) in [6, 6.07) is 3.08. The third-order valence-electron chi connectivity index (χ3n) is 2.31. The van der Waals surface area contributed by atoms with Gasteiger partial charge in [0.1, 0.15) is 11.4 Å². The third kappa shape index (κ3) is 1.82. The zero-order valence-electron chi connectivity index (χ0n) is 9.00. The summed E-state index contributed by atoms with van der Waals surface area (Å²) in [5.74, 6) is 0.407. The van der Waals surface area contributed by atoms with E-state index in [0.29, 0.717) is 17.1 Å². The standard InChI is InChI=1S/C12H13FO2/c1-12(2)5-4-8-6-9(14-3)7-10(13)11(8)15-12/h4-7H,1-3H3. The van der Waals surface area contributed by atoms with Crippen LogP contribution in [0.1, 0.15) is 19.4 Å². The molecule has 0 bridgehead atoms. The molecule has 0 amide bonds. The Morgan fingerprint density at radius 3 is 2.73 bits per heavy atom. The molecule has 0 N–H and O–H groups in total. The van der Waals surface area contributed by atoms with Crippen molar-refractivity contribution in [3.8, 4) is 11.5 Å². The highest BCUT2D eigenvalue weighted by Crippen LogP contribution is 2.35. The molecule has 1 aliphatic heterocycles. The lowest BCUT2D eigenvalue weighted by Crippen LogP contribution is -2.28. The second-order valence-corrected chi connectivity index (χ2v) is 4.07. The number of rotatable bonds is 1. The van der Waals surface area contributed by atoms with Gasteiger partial charge in [0.05, 0.1) is 7.11 Å². The molecule has 0 saturated carbocycles. The van der Waals surface area contributed by atoms with E-state index in [4.69, 9.17) is 9.47 Å². The molecule has 0 saturated heterocycles. The molecule has 15 heavy (non-hydrogen) atoms. The van der Waals surface area contributed by atoms with Crippen LogP contribution in [0.15, 0.2) is 18.2 Å². The number of methoxy groups -OCH3 is 1. The van der Waals surface area contributed by atoms with E-state index in [0.717, 1.165) is 0 Å². The number of halogens is 1. The lowest BCUT2D eigenvalue weighted by molar-refractivity contribution is 0.151. The Hall–Kier alpha value is -1.51. The first-order valence-electron chi connectivity index (χ1n) is 4.77. The first kappa shape index (κ1) is 10.0. The molecular formula is C12H13FO2. The Morgan fingerprint density at radius 2 is 2.07 bits per heavy atom. The Balaban J connectivity index is 2.52. The summed E-state index contributed by atoms with van der Waals surface area (Å²) in [5, 5.41) is 0. The van der Waals surface area contributed by atoms with Gasteiger partial charge in [-0.15, -0.1) is 0 Å². The van der Waals surface area contributed by atoms with Crippen LogP contribution in [0.5, 0.6) is 11.5 Å². The fourth-order valence-electron chi connectivity index (χ4n) is 1.53. The summed E-state index contributed by atoms with van der Waals surface area (Å²) in [4.78, 5) is 0. The van der Waals surface area contributed by atoms with E-state index in [1.54, 1.807) is 6.07 Å². The molecule has 0 spiro atoms. The lowest BCUT2D eigenvalue weighted by atomic mass is 10.0. The fraction of sp³-hybridized carbons (Fsp3) is 0.333. The molecule has 0 unspecified atom stereocenters. The molecule has 0 aromatic heterocycles. The molecule has 3 heteroatoms. The zero-order chi connectivity index (χ0) is 11.1. The maximum atomic E-state index is 13.6. The van der Waals surface area contributed by atoms with Crippen molar-refractivity contribution < 1.29 is 13.9 Å². The van der Waals surface area contributed by atoms with Crippen LogP contribution in [0, 0.1) is 5.82 Å². The summed E-state index contributed by atoms with van der Waals surface area (Å²) in [7, 11) is 1.51. The summed E-state index contributed by atoms with van der Waals surface area (Å²) in [6.07, 6.45) is 3.75. The third-order valence-corrected chi connectivity index (χ3v) is 2.31. The van der Waals surface area contributed by atoms with E-state index in [9.17, 15) is 4.39 Å². The zero-order valence-corrected chi connectivity index (χ0v) is 9.00. The van der Waals surface area contributed by atoms with Crippen LogP contribution < -0.4 is 9.47 Å². The first-order valence-corrected chi connectivity index (χ1v) is 4.77. The molecule has 0 radical (unpaired) electrons. The van der Waals surface area contributed by atoms with E-state index < -0.39 is 5.60 Å². The summed E-state index contributed by atoms with van der Waals surface area (Å²) >= 11 is 0. The fourth-order valence-corrected chi connectivity index (χ4v) is 1.53. The first-order chi connectivity index (χ1) is 7.02. The quantitative estimate of drug-likeness (QED) is 0.706. The highest BCUT2D eigenvalue weighted by atomic mass is 19.1. The predicted molar refractivity (Wildman–Crippen MR) is 56.7 cm³/mol. The second-order valence-electron chi connectivity index (χ2n) is 4.07. The Morgan fingerprint density at radius 1 is 1.33 bits per heavy atom. The average molecular weight is 208 g/mol. The van der Waals surface area contributed by atoms with Crippen molar-refractivity contribution in [3.05, 3.63) is 29.6 Å². The van der Waals surface area contributed by atoms with Gasteiger partial charge in [-0.1, -0.05) is 6.08 Å². The van der Waals surface area contributed by atoms with Crippen molar-refractivity contribution in [1.29, 1.82) is 0 Å². The van der Waals surface area contributed by atoms with E-state index >= 15 is 0 Å². The molecule has 0 aliphatic carbocycles. The van der Waals surface area contributed by atoms with Crippen LogP contribution in [0.25, 0.3) is 6.08 Å². The Labute approximate surface area is 88.3 Å². The minimum atomic E-state index is -0.456. The topological polar surface area (TPSA) is 18.5 Å². The number of hydrogen-bond acceptors (Lipinski definition) is 2. The number of hydrogen-bond donors (Lipinski definition) is 0. The molecule has 2 nitrogen and oxygen atoms in total. The molecule has 1 aromatic rings. The lowest BCUT2D eigenvalue weighted by Gasteiger charge is -2.28. The molecule has 0 atom stereocenters. The normalized spacial score (nSPS) is 16.8. The molecule has 1 heterocycles. The van der Waals surface area contributed by atoms with Gasteiger partial charge in [0.15, 0.2) is 11.6 Å². The van der Waals surface area contributed by atoms with Crippen molar-refractivity contribution in [2.45, 2.75) is 19.4 Å². The minimum Gasteiger partial charge on any atom is -0.497 e. The molecule has 2 rings (SSSR count). The molecule has 80 valence electrons. The van der Waals surface area contributed by atoms with Crippen molar-refractivity contribution in [1.82, 2.24) is 0 Å². The summed E-state index contributed by atoms with van der Waals surface area (Å²) < 4.78 is 24.1. The van der Waals surface area contributed by atoms with Gasteiger partial charge in [-0.05, 0) is 26.0 Å². The van der Waals surface area contributed by atoms with Gasteiger partial charge in [0.25, 0.3) is 0 Å².